The first-order valence-electron chi connectivity index (χ1n) is 6.59. The van der Waals surface area contributed by atoms with Crippen LogP contribution in [0.4, 0.5) is 5.69 Å². The molecule has 1 rings (SSSR count). The molecule has 0 aromatic heterocycles. The monoisotopic (exact) mass is 262 g/mol. The van der Waals surface area contributed by atoms with Crippen LogP contribution in [0.15, 0.2) is 36.4 Å². The molecular weight excluding hydrogens is 236 g/mol. The zero-order valence-corrected chi connectivity index (χ0v) is 12.8. The average molecular weight is 262 g/mol. The van der Waals surface area contributed by atoms with Crippen molar-refractivity contribution in [3.8, 4) is 5.75 Å². The van der Waals surface area contributed by atoms with E-state index >= 15 is 0 Å². The number of nitrogens with zero attached hydrogens (tertiary/aromatic N) is 1. The molecule has 0 saturated heterocycles. The highest BCUT2D eigenvalue weighted by Crippen LogP contribution is 2.26. The van der Waals surface area contributed by atoms with Crippen molar-refractivity contribution in [1.29, 1.82) is 0 Å². The molecule has 0 aliphatic rings. The molecular formula is C16H26N2O. The maximum Gasteiger partial charge on any atom is 0.142 e. The number of hydrogen-bond donors (Lipinski definition) is 1. The summed E-state index contributed by atoms with van der Waals surface area (Å²) < 4.78 is 5.38. The van der Waals surface area contributed by atoms with Gasteiger partial charge in [-0.05, 0) is 38.5 Å². The highest BCUT2D eigenvalue weighted by atomic mass is 16.5. The molecule has 1 aromatic rings. The van der Waals surface area contributed by atoms with E-state index < -0.39 is 0 Å². The highest BCUT2D eigenvalue weighted by Gasteiger charge is 2.11. The summed E-state index contributed by atoms with van der Waals surface area (Å²) in [6.45, 7) is 12.2. The van der Waals surface area contributed by atoms with Crippen LogP contribution in [0.3, 0.4) is 0 Å². The van der Waals surface area contributed by atoms with Gasteiger partial charge in [0.25, 0.3) is 0 Å². The second-order valence-corrected chi connectivity index (χ2v) is 5.88. The summed E-state index contributed by atoms with van der Waals surface area (Å²) in [6.07, 6.45) is 0. The van der Waals surface area contributed by atoms with Crippen molar-refractivity contribution in [3.63, 3.8) is 0 Å². The number of nitrogens with one attached hydrogen (secondary N) is 1. The van der Waals surface area contributed by atoms with Crippen LogP contribution in [0, 0.1) is 0 Å². The minimum atomic E-state index is 0.117. The zero-order valence-electron chi connectivity index (χ0n) is 12.8. The van der Waals surface area contributed by atoms with E-state index in [9.17, 15) is 0 Å². The maximum absolute atomic E-state index is 5.38. The lowest BCUT2D eigenvalue weighted by atomic mass is 10.1. The van der Waals surface area contributed by atoms with E-state index in [1.165, 1.54) is 0 Å². The third kappa shape index (κ3) is 5.35. The van der Waals surface area contributed by atoms with Crippen LogP contribution < -0.4 is 15.0 Å². The Labute approximate surface area is 117 Å². The molecule has 1 N–H and O–H groups in total. The Morgan fingerprint density at radius 1 is 1.32 bits per heavy atom. The van der Waals surface area contributed by atoms with Crippen LogP contribution in [0.1, 0.15) is 20.8 Å². The number of ether oxygens (including phenoxy) is 1. The Bertz CT molecular complexity index is 421. The quantitative estimate of drug-likeness (QED) is 0.797. The van der Waals surface area contributed by atoms with E-state index in [0.717, 1.165) is 30.1 Å². The van der Waals surface area contributed by atoms with Crippen molar-refractivity contribution in [2.24, 2.45) is 0 Å². The summed E-state index contributed by atoms with van der Waals surface area (Å²) in [7, 11) is 3.75. The van der Waals surface area contributed by atoms with Gasteiger partial charge in [0.2, 0.25) is 0 Å². The van der Waals surface area contributed by atoms with Crippen LogP contribution in [-0.2, 0) is 0 Å². The van der Waals surface area contributed by atoms with Gasteiger partial charge < -0.3 is 15.0 Å². The molecule has 0 spiro atoms. The normalized spacial score (nSPS) is 11.2. The zero-order chi connectivity index (χ0) is 14.5. The molecule has 0 aliphatic carbocycles. The van der Waals surface area contributed by atoms with Gasteiger partial charge in [-0.2, -0.15) is 0 Å². The van der Waals surface area contributed by atoms with Gasteiger partial charge in [0.05, 0.1) is 12.8 Å². The number of para-hydroxylation sites is 2. The van der Waals surface area contributed by atoms with Gasteiger partial charge in [0, 0.05) is 25.7 Å². The SMILES string of the molecule is C=C(CNC(C)(C)C)CN(C)c1ccccc1OC. The Hall–Kier alpha value is -1.48. The molecule has 106 valence electrons. The molecule has 0 unspecified atom stereocenters. The van der Waals surface area contributed by atoms with E-state index in [2.05, 4.69) is 50.7 Å². The molecule has 0 atom stereocenters. The van der Waals surface area contributed by atoms with Crippen LogP contribution in [-0.4, -0.2) is 32.8 Å². The Morgan fingerprint density at radius 3 is 2.53 bits per heavy atom. The van der Waals surface area contributed by atoms with Crippen LogP contribution >= 0.6 is 0 Å². The third-order valence-corrected chi connectivity index (χ3v) is 2.83. The number of rotatable bonds is 6. The number of hydrogen-bond acceptors (Lipinski definition) is 3. The van der Waals surface area contributed by atoms with Gasteiger partial charge >= 0.3 is 0 Å². The summed E-state index contributed by atoms with van der Waals surface area (Å²) >= 11 is 0. The van der Waals surface area contributed by atoms with Crippen molar-refractivity contribution in [3.05, 3.63) is 36.4 Å². The van der Waals surface area contributed by atoms with Gasteiger partial charge in [-0.15, -0.1) is 0 Å². The summed E-state index contributed by atoms with van der Waals surface area (Å²) in [5, 5.41) is 3.45. The summed E-state index contributed by atoms with van der Waals surface area (Å²) in [4.78, 5) is 2.16. The van der Waals surface area contributed by atoms with Gasteiger partial charge in [-0.1, -0.05) is 18.7 Å². The second kappa shape index (κ2) is 6.62. The van der Waals surface area contributed by atoms with Crippen molar-refractivity contribution >= 4 is 5.69 Å². The third-order valence-electron chi connectivity index (χ3n) is 2.83. The van der Waals surface area contributed by atoms with Crippen molar-refractivity contribution in [1.82, 2.24) is 5.32 Å². The molecule has 0 radical (unpaired) electrons. The topological polar surface area (TPSA) is 24.5 Å². The predicted octanol–water partition coefficient (Wildman–Crippen LogP) is 3.08. The van der Waals surface area contributed by atoms with Crippen LogP contribution in [0.25, 0.3) is 0 Å². The fraction of sp³-hybridized carbons (Fsp3) is 0.500. The molecule has 0 amide bonds. The standard InChI is InChI=1S/C16H26N2O/c1-13(11-17-16(2,3)4)12-18(5)14-9-7-8-10-15(14)19-6/h7-10,17H,1,11-12H2,2-6H3. The fourth-order valence-electron chi connectivity index (χ4n) is 1.81. The van der Waals surface area contributed by atoms with Gasteiger partial charge in [0.15, 0.2) is 0 Å². The first kappa shape index (κ1) is 15.6. The first-order valence-corrected chi connectivity index (χ1v) is 6.59. The molecule has 0 heterocycles. The molecule has 3 heteroatoms. The number of anilines is 1. The lowest BCUT2D eigenvalue weighted by molar-refractivity contribution is 0.415. The van der Waals surface area contributed by atoms with Crippen molar-refractivity contribution in [2.45, 2.75) is 26.3 Å². The lowest BCUT2D eigenvalue weighted by Gasteiger charge is -2.25. The summed E-state index contributed by atoms with van der Waals surface area (Å²) in [5.41, 5.74) is 2.36. The van der Waals surface area contributed by atoms with Crippen molar-refractivity contribution < 1.29 is 4.74 Å². The maximum atomic E-state index is 5.38. The molecule has 0 aliphatic heterocycles. The van der Waals surface area contributed by atoms with E-state index in [0.29, 0.717) is 0 Å². The van der Waals surface area contributed by atoms with Gasteiger partial charge in [0.1, 0.15) is 5.75 Å². The molecule has 0 saturated carbocycles. The summed E-state index contributed by atoms with van der Waals surface area (Å²) in [6, 6.07) is 8.03. The summed E-state index contributed by atoms with van der Waals surface area (Å²) in [5.74, 6) is 0.890. The number of methoxy groups -OCH3 is 1. The molecule has 0 fully saturated rings. The largest absolute Gasteiger partial charge is 0.495 e. The minimum Gasteiger partial charge on any atom is -0.495 e. The van der Waals surface area contributed by atoms with Gasteiger partial charge in [-0.3, -0.25) is 0 Å². The smallest absolute Gasteiger partial charge is 0.142 e. The number of benzene rings is 1. The second-order valence-electron chi connectivity index (χ2n) is 5.88. The predicted molar refractivity (Wildman–Crippen MR) is 83.2 cm³/mol. The van der Waals surface area contributed by atoms with E-state index in [-0.39, 0.29) is 5.54 Å². The highest BCUT2D eigenvalue weighted by molar-refractivity contribution is 5.58. The Balaban J connectivity index is 2.59. The number of likely N-dealkylation sites (N-methyl/N-ethyl adjacent to an activating group) is 1. The fourth-order valence-corrected chi connectivity index (χ4v) is 1.81. The van der Waals surface area contributed by atoms with Crippen LogP contribution in [0.5, 0.6) is 5.75 Å². The molecule has 3 nitrogen and oxygen atoms in total. The van der Waals surface area contributed by atoms with Crippen molar-refractivity contribution in [2.75, 3.05) is 32.1 Å². The Morgan fingerprint density at radius 2 is 1.95 bits per heavy atom. The van der Waals surface area contributed by atoms with E-state index in [1.807, 2.05) is 18.2 Å². The van der Waals surface area contributed by atoms with Gasteiger partial charge in [-0.25, -0.2) is 0 Å². The molecule has 0 bridgehead atoms. The Kier molecular flexibility index (Phi) is 5.43. The van der Waals surface area contributed by atoms with Crippen LogP contribution in [0.2, 0.25) is 0 Å². The first-order chi connectivity index (χ1) is 8.83. The molecule has 1 aromatic carbocycles. The van der Waals surface area contributed by atoms with E-state index in [1.54, 1.807) is 7.11 Å². The minimum absolute atomic E-state index is 0.117. The van der Waals surface area contributed by atoms with E-state index in [4.69, 9.17) is 4.74 Å². The lowest BCUT2D eigenvalue weighted by Crippen LogP contribution is -2.38. The molecule has 19 heavy (non-hydrogen) atoms. The average Bonchev–Trinajstić information content (AvgIpc) is 2.35.